The molecule has 1 aromatic carbocycles. The molecule has 0 atom stereocenters. The highest BCUT2D eigenvalue weighted by molar-refractivity contribution is 5.79. The van der Waals surface area contributed by atoms with E-state index in [-0.39, 0.29) is 0 Å². The third kappa shape index (κ3) is 1.20. The number of ether oxygens (including phenoxy) is 1. The zero-order chi connectivity index (χ0) is 9.26. The Bertz CT molecular complexity index is 380. The Morgan fingerprint density at radius 2 is 2.23 bits per heavy atom. The van der Waals surface area contributed by atoms with Gasteiger partial charge in [0.2, 0.25) is 0 Å². The van der Waals surface area contributed by atoms with Gasteiger partial charge in [0.15, 0.2) is 0 Å². The Balaban J connectivity index is 2.63. The van der Waals surface area contributed by atoms with E-state index in [4.69, 9.17) is 4.74 Å². The van der Waals surface area contributed by atoms with Crippen molar-refractivity contribution in [1.29, 1.82) is 0 Å². The zero-order valence-electron chi connectivity index (χ0n) is 7.50. The fraction of sp³-hybridized carbons (Fsp3) is 0.0909. The van der Waals surface area contributed by atoms with Gasteiger partial charge in [-0.2, -0.15) is 0 Å². The van der Waals surface area contributed by atoms with Crippen molar-refractivity contribution >= 4 is 11.8 Å². The summed E-state index contributed by atoms with van der Waals surface area (Å²) < 4.78 is 5.24. The molecule has 2 rings (SSSR count). The van der Waals surface area contributed by atoms with E-state index in [2.05, 4.69) is 11.9 Å². The molecule has 1 aliphatic rings. The number of methoxy groups -OCH3 is 1. The van der Waals surface area contributed by atoms with Crippen LogP contribution in [0.1, 0.15) is 11.1 Å². The molecule has 0 amide bonds. The van der Waals surface area contributed by atoms with E-state index in [0.717, 1.165) is 22.6 Å². The van der Waals surface area contributed by atoms with Crippen LogP contribution in [0.2, 0.25) is 0 Å². The molecule has 1 aromatic rings. The van der Waals surface area contributed by atoms with Gasteiger partial charge in [-0.1, -0.05) is 18.7 Å². The fourth-order valence-electron chi connectivity index (χ4n) is 1.46. The largest absolute Gasteiger partial charge is 0.496 e. The van der Waals surface area contributed by atoms with Gasteiger partial charge in [0.25, 0.3) is 0 Å². The van der Waals surface area contributed by atoms with E-state index in [0.29, 0.717) is 0 Å². The smallest absolute Gasteiger partial charge is 0.126 e. The van der Waals surface area contributed by atoms with E-state index < -0.39 is 0 Å². The third-order valence-corrected chi connectivity index (χ3v) is 2.12. The Labute approximate surface area is 77.5 Å². The summed E-state index contributed by atoms with van der Waals surface area (Å²) in [7, 11) is 1.67. The Morgan fingerprint density at radius 1 is 1.38 bits per heavy atom. The van der Waals surface area contributed by atoms with Crippen molar-refractivity contribution in [3.63, 3.8) is 0 Å². The molecule has 0 bridgehead atoms. The van der Waals surface area contributed by atoms with E-state index in [1.54, 1.807) is 7.11 Å². The minimum absolute atomic E-state index is 0.886. The van der Waals surface area contributed by atoms with Crippen molar-refractivity contribution in [2.24, 2.45) is 0 Å². The number of benzene rings is 1. The van der Waals surface area contributed by atoms with Crippen LogP contribution >= 0.6 is 0 Å². The molecule has 66 valence electrons. The predicted molar refractivity (Wildman–Crippen MR) is 54.2 cm³/mol. The first kappa shape index (κ1) is 7.92. The van der Waals surface area contributed by atoms with Gasteiger partial charge in [-0.25, -0.2) is 0 Å². The summed E-state index contributed by atoms with van der Waals surface area (Å²) >= 11 is 0. The molecule has 1 N–H and O–H groups in total. The second-order valence-corrected chi connectivity index (χ2v) is 2.88. The van der Waals surface area contributed by atoms with Crippen LogP contribution in [-0.4, -0.2) is 7.11 Å². The maximum Gasteiger partial charge on any atom is 0.126 e. The van der Waals surface area contributed by atoms with Crippen molar-refractivity contribution in [3.05, 3.63) is 42.1 Å². The number of nitrogens with one attached hydrogen (secondary N) is 1. The minimum atomic E-state index is 0.886. The van der Waals surface area contributed by atoms with Crippen LogP contribution in [0.4, 0.5) is 0 Å². The van der Waals surface area contributed by atoms with Gasteiger partial charge in [-0.05, 0) is 12.1 Å². The molecule has 1 heterocycles. The molecule has 1 aliphatic heterocycles. The highest BCUT2D eigenvalue weighted by atomic mass is 16.5. The zero-order valence-corrected chi connectivity index (χ0v) is 7.50. The van der Waals surface area contributed by atoms with Gasteiger partial charge in [0.1, 0.15) is 5.75 Å². The van der Waals surface area contributed by atoms with Crippen LogP contribution in [0, 0.1) is 0 Å². The summed E-state index contributed by atoms with van der Waals surface area (Å²) in [5, 5.41) is 3.06. The molecule has 0 unspecified atom stereocenters. The quantitative estimate of drug-likeness (QED) is 0.703. The van der Waals surface area contributed by atoms with Crippen LogP contribution in [0.3, 0.4) is 0 Å². The van der Waals surface area contributed by atoms with Gasteiger partial charge in [-0.15, -0.1) is 0 Å². The summed E-state index contributed by atoms with van der Waals surface area (Å²) in [6.45, 7) is 3.91. The lowest BCUT2D eigenvalue weighted by molar-refractivity contribution is 0.413. The van der Waals surface area contributed by atoms with E-state index in [1.807, 2.05) is 30.5 Å². The molecule has 0 spiro atoms. The molecule has 2 heteroatoms. The molecular weight excluding hydrogens is 162 g/mol. The normalized spacial score (nSPS) is 13.5. The second kappa shape index (κ2) is 2.98. The van der Waals surface area contributed by atoms with Crippen LogP contribution in [0.5, 0.6) is 5.75 Å². The minimum Gasteiger partial charge on any atom is -0.496 e. The van der Waals surface area contributed by atoms with Crippen molar-refractivity contribution < 1.29 is 4.74 Å². The van der Waals surface area contributed by atoms with E-state index in [9.17, 15) is 0 Å². The number of fused-ring (bicyclic) bond motifs is 1. The predicted octanol–water partition coefficient (Wildman–Crippen LogP) is 2.24. The van der Waals surface area contributed by atoms with Gasteiger partial charge in [0, 0.05) is 23.0 Å². The standard InChI is InChI=1S/C11H11NO/c1-8-9-4-3-5-11(13-2)10(9)6-7-12-8/h3-7,12H,1H2,2H3. The van der Waals surface area contributed by atoms with Crippen LogP contribution in [0.15, 0.2) is 31.0 Å². The average Bonchev–Trinajstić information content (AvgIpc) is 2.18. The highest BCUT2D eigenvalue weighted by Gasteiger charge is 2.10. The highest BCUT2D eigenvalue weighted by Crippen LogP contribution is 2.29. The Morgan fingerprint density at radius 3 is 3.00 bits per heavy atom. The molecular formula is C11H11NO. The SMILES string of the molecule is C=C1NC=Cc2c(OC)cccc21. The number of rotatable bonds is 1. The number of hydrogen-bond donors (Lipinski definition) is 1. The molecule has 0 aromatic heterocycles. The summed E-state index contributed by atoms with van der Waals surface area (Å²) in [5.41, 5.74) is 3.10. The van der Waals surface area contributed by atoms with Gasteiger partial charge in [0.05, 0.1) is 7.11 Å². The van der Waals surface area contributed by atoms with Gasteiger partial charge >= 0.3 is 0 Å². The van der Waals surface area contributed by atoms with Gasteiger partial charge in [-0.3, -0.25) is 0 Å². The first-order chi connectivity index (χ1) is 6.33. The lowest BCUT2D eigenvalue weighted by Gasteiger charge is -2.16. The average molecular weight is 173 g/mol. The lowest BCUT2D eigenvalue weighted by atomic mass is 10.0. The molecule has 2 nitrogen and oxygen atoms in total. The van der Waals surface area contributed by atoms with Gasteiger partial charge < -0.3 is 10.1 Å². The van der Waals surface area contributed by atoms with Crippen molar-refractivity contribution in [1.82, 2.24) is 5.32 Å². The molecule has 0 saturated heterocycles. The lowest BCUT2D eigenvalue weighted by Crippen LogP contribution is -2.08. The summed E-state index contributed by atoms with van der Waals surface area (Å²) in [4.78, 5) is 0. The topological polar surface area (TPSA) is 21.3 Å². The summed E-state index contributed by atoms with van der Waals surface area (Å²) in [6.07, 6.45) is 3.86. The maximum absolute atomic E-state index is 5.24. The first-order valence-corrected chi connectivity index (χ1v) is 4.12. The second-order valence-electron chi connectivity index (χ2n) is 2.88. The maximum atomic E-state index is 5.24. The fourth-order valence-corrected chi connectivity index (χ4v) is 1.46. The van der Waals surface area contributed by atoms with E-state index in [1.165, 1.54) is 0 Å². The molecule has 0 aliphatic carbocycles. The Hall–Kier alpha value is -1.70. The van der Waals surface area contributed by atoms with Crippen molar-refractivity contribution in [2.45, 2.75) is 0 Å². The summed E-state index contributed by atoms with van der Waals surface area (Å²) in [6, 6.07) is 5.93. The van der Waals surface area contributed by atoms with Crippen molar-refractivity contribution in [3.8, 4) is 5.75 Å². The summed E-state index contributed by atoms with van der Waals surface area (Å²) in [5.74, 6) is 0.886. The first-order valence-electron chi connectivity index (χ1n) is 4.12. The molecule has 0 radical (unpaired) electrons. The molecule has 0 fully saturated rings. The third-order valence-electron chi connectivity index (χ3n) is 2.12. The van der Waals surface area contributed by atoms with Crippen LogP contribution in [-0.2, 0) is 0 Å². The van der Waals surface area contributed by atoms with Crippen molar-refractivity contribution in [2.75, 3.05) is 7.11 Å². The van der Waals surface area contributed by atoms with E-state index >= 15 is 0 Å². The van der Waals surface area contributed by atoms with Crippen LogP contribution < -0.4 is 10.1 Å². The molecule has 13 heavy (non-hydrogen) atoms. The molecule has 0 saturated carbocycles. The number of hydrogen-bond acceptors (Lipinski definition) is 2. The Kier molecular flexibility index (Phi) is 1.81. The van der Waals surface area contributed by atoms with Crippen LogP contribution in [0.25, 0.3) is 11.8 Å². The monoisotopic (exact) mass is 173 g/mol.